The summed E-state index contributed by atoms with van der Waals surface area (Å²) in [5.74, 6) is 1.66. The molecule has 1 fully saturated rings. The molecule has 1 aliphatic heterocycles. The van der Waals surface area contributed by atoms with Crippen LogP contribution in [0, 0.1) is 0 Å². The third-order valence-corrected chi connectivity index (χ3v) is 4.95. The summed E-state index contributed by atoms with van der Waals surface area (Å²) in [6.45, 7) is 2.89. The van der Waals surface area contributed by atoms with Crippen molar-refractivity contribution in [2.45, 2.75) is 0 Å². The second kappa shape index (κ2) is 6.45. The number of piperazine rings is 1. The summed E-state index contributed by atoms with van der Waals surface area (Å²) in [5, 5.41) is 2.03. The minimum atomic E-state index is 0.00927. The van der Waals surface area contributed by atoms with Gasteiger partial charge in [0, 0.05) is 32.3 Å². The van der Waals surface area contributed by atoms with E-state index < -0.39 is 0 Å². The van der Waals surface area contributed by atoms with E-state index in [-0.39, 0.29) is 5.91 Å². The second-order valence-electron chi connectivity index (χ2n) is 5.49. The Morgan fingerprint density at radius 1 is 1.21 bits per heavy atom. The summed E-state index contributed by atoms with van der Waals surface area (Å²) < 4.78 is 6.31. The first-order chi connectivity index (χ1) is 11.8. The Labute approximate surface area is 143 Å². The first-order valence-corrected chi connectivity index (χ1v) is 8.63. The third-order valence-electron chi connectivity index (χ3n) is 4.05. The van der Waals surface area contributed by atoms with E-state index in [1.807, 2.05) is 22.4 Å². The molecule has 0 N–H and O–H groups in total. The van der Waals surface area contributed by atoms with Gasteiger partial charge in [-0.1, -0.05) is 0 Å². The fourth-order valence-corrected chi connectivity index (χ4v) is 3.65. The van der Waals surface area contributed by atoms with E-state index in [0.717, 1.165) is 29.1 Å². The van der Waals surface area contributed by atoms with Gasteiger partial charge in [-0.2, -0.15) is 0 Å². The highest BCUT2D eigenvalue weighted by Crippen LogP contribution is 2.28. The zero-order valence-corrected chi connectivity index (χ0v) is 13.8. The number of anilines is 1. The van der Waals surface area contributed by atoms with Crippen LogP contribution < -0.4 is 4.90 Å². The Morgan fingerprint density at radius 2 is 2.08 bits per heavy atom. The number of hydrogen-bond donors (Lipinski definition) is 0. The van der Waals surface area contributed by atoms with Crippen LogP contribution in [0.2, 0.25) is 0 Å². The highest BCUT2D eigenvalue weighted by Gasteiger charge is 2.22. The molecule has 24 heavy (non-hydrogen) atoms. The van der Waals surface area contributed by atoms with E-state index in [1.54, 1.807) is 42.1 Å². The lowest BCUT2D eigenvalue weighted by Gasteiger charge is -2.35. The quantitative estimate of drug-likeness (QED) is 0.686. The molecule has 0 atom stereocenters. The van der Waals surface area contributed by atoms with Gasteiger partial charge in [0.15, 0.2) is 0 Å². The number of fused-ring (bicyclic) bond motifs is 1. The fourth-order valence-electron chi connectivity index (χ4n) is 2.78. The van der Waals surface area contributed by atoms with Gasteiger partial charge in [0.05, 0.1) is 16.5 Å². The van der Waals surface area contributed by atoms with Crippen molar-refractivity contribution in [3.8, 4) is 0 Å². The topological polar surface area (TPSA) is 62.5 Å². The molecule has 0 radical (unpaired) electrons. The molecule has 0 spiro atoms. The van der Waals surface area contributed by atoms with Gasteiger partial charge in [-0.15, -0.1) is 11.3 Å². The average Bonchev–Trinajstić information content (AvgIpc) is 3.31. The number of carbonyl (C=O) groups excluding carboxylic acids is 1. The third kappa shape index (κ3) is 2.90. The van der Waals surface area contributed by atoms with Crippen LogP contribution in [-0.2, 0) is 4.79 Å². The van der Waals surface area contributed by atoms with Gasteiger partial charge >= 0.3 is 0 Å². The monoisotopic (exact) mass is 340 g/mol. The first-order valence-electron chi connectivity index (χ1n) is 7.75. The molecule has 1 amide bonds. The number of carbonyl (C=O) groups is 1. The Morgan fingerprint density at radius 3 is 2.88 bits per heavy atom. The summed E-state index contributed by atoms with van der Waals surface area (Å²) in [5.41, 5.74) is 0.977. The molecule has 6 nitrogen and oxygen atoms in total. The van der Waals surface area contributed by atoms with Crippen molar-refractivity contribution >= 4 is 39.4 Å². The lowest BCUT2D eigenvalue weighted by atomic mass is 10.3. The Balaban J connectivity index is 1.41. The number of nitrogens with zero attached hydrogens (tertiary/aromatic N) is 4. The van der Waals surface area contributed by atoms with Crippen LogP contribution in [0.25, 0.3) is 16.3 Å². The molecule has 1 aliphatic rings. The largest absolute Gasteiger partial charge is 0.465 e. The van der Waals surface area contributed by atoms with Crippen molar-refractivity contribution in [2.75, 3.05) is 31.1 Å². The Kier molecular flexibility index (Phi) is 4.00. The molecule has 4 rings (SSSR count). The zero-order valence-electron chi connectivity index (χ0n) is 13.0. The van der Waals surface area contributed by atoms with Gasteiger partial charge in [-0.25, -0.2) is 9.97 Å². The van der Waals surface area contributed by atoms with E-state index in [1.165, 1.54) is 0 Å². The molecule has 122 valence electrons. The number of rotatable bonds is 3. The smallest absolute Gasteiger partial charge is 0.246 e. The lowest BCUT2D eigenvalue weighted by Crippen LogP contribution is -2.48. The van der Waals surface area contributed by atoms with Crippen molar-refractivity contribution in [1.29, 1.82) is 0 Å². The molecular formula is C17H16N4O2S. The standard InChI is InChI=1S/C17H16N4O2S/c22-15(4-3-13-2-1-10-23-13)20-6-8-21(9-7-20)17-16-14(5-11-24-16)18-12-19-17/h1-5,10-12H,6-9H2/b4-3-. The number of furan rings is 1. The molecule has 3 aromatic heterocycles. The first kappa shape index (κ1) is 14.9. The predicted molar refractivity (Wildman–Crippen MR) is 94.0 cm³/mol. The minimum Gasteiger partial charge on any atom is -0.465 e. The van der Waals surface area contributed by atoms with Crippen LogP contribution in [0.4, 0.5) is 5.82 Å². The molecule has 0 unspecified atom stereocenters. The van der Waals surface area contributed by atoms with E-state index in [4.69, 9.17) is 4.42 Å². The van der Waals surface area contributed by atoms with E-state index >= 15 is 0 Å². The molecule has 4 heterocycles. The predicted octanol–water partition coefficient (Wildman–Crippen LogP) is 2.65. The van der Waals surface area contributed by atoms with Gasteiger partial charge < -0.3 is 14.2 Å². The van der Waals surface area contributed by atoms with Crippen LogP contribution in [0.1, 0.15) is 5.76 Å². The van der Waals surface area contributed by atoms with Gasteiger partial charge in [-0.3, -0.25) is 4.79 Å². The summed E-state index contributed by atoms with van der Waals surface area (Å²) in [4.78, 5) is 25.1. The number of amides is 1. The maximum Gasteiger partial charge on any atom is 0.246 e. The van der Waals surface area contributed by atoms with E-state index in [0.29, 0.717) is 18.8 Å². The van der Waals surface area contributed by atoms with E-state index in [9.17, 15) is 4.79 Å². The molecule has 7 heteroatoms. The van der Waals surface area contributed by atoms with Crippen molar-refractivity contribution in [2.24, 2.45) is 0 Å². The number of thiophene rings is 1. The molecular weight excluding hydrogens is 324 g/mol. The zero-order chi connectivity index (χ0) is 16.4. The van der Waals surface area contributed by atoms with Crippen LogP contribution in [-0.4, -0.2) is 47.0 Å². The average molecular weight is 340 g/mol. The Bertz CT molecular complexity index is 864. The molecule has 0 aromatic carbocycles. The van der Waals surface area contributed by atoms with Crippen LogP contribution in [0.15, 0.2) is 46.7 Å². The number of hydrogen-bond acceptors (Lipinski definition) is 6. The highest BCUT2D eigenvalue weighted by atomic mass is 32.1. The van der Waals surface area contributed by atoms with E-state index in [2.05, 4.69) is 14.9 Å². The van der Waals surface area contributed by atoms with Crippen molar-refractivity contribution in [1.82, 2.24) is 14.9 Å². The lowest BCUT2D eigenvalue weighted by molar-refractivity contribution is -0.126. The molecule has 3 aromatic rings. The fraction of sp³-hybridized carbons (Fsp3) is 0.235. The van der Waals surface area contributed by atoms with Gasteiger partial charge in [0.2, 0.25) is 5.91 Å². The molecule has 1 saturated heterocycles. The Hall–Kier alpha value is -2.67. The molecule has 0 bridgehead atoms. The van der Waals surface area contributed by atoms with Crippen molar-refractivity contribution in [3.05, 3.63) is 48.0 Å². The van der Waals surface area contributed by atoms with Crippen LogP contribution in [0.5, 0.6) is 0 Å². The van der Waals surface area contributed by atoms with Crippen molar-refractivity contribution < 1.29 is 9.21 Å². The van der Waals surface area contributed by atoms with Crippen LogP contribution in [0.3, 0.4) is 0 Å². The molecule has 0 aliphatic carbocycles. The van der Waals surface area contributed by atoms with Gasteiger partial charge in [0.1, 0.15) is 17.9 Å². The summed E-state index contributed by atoms with van der Waals surface area (Å²) >= 11 is 1.65. The van der Waals surface area contributed by atoms with Crippen LogP contribution >= 0.6 is 11.3 Å². The summed E-state index contributed by atoms with van der Waals surface area (Å²) in [6.07, 6.45) is 6.47. The summed E-state index contributed by atoms with van der Waals surface area (Å²) in [6, 6.07) is 5.63. The maximum absolute atomic E-state index is 12.3. The number of aromatic nitrogens is 2. The highest BCUT2D eigenvalue weighted by molar-refractivity contribution is 7.17. The maximum atomic E-state index is 12.3. The minimum absolute atomic E-state index is 0.00927. The normalized spacial score (nSPS) is 15.5. The summed E-state index contributed by atoms with van der Waals surface area (Å²) in [7, 11) is 0. The second-order valence-corrected chi connectivity index (χ2v) is 6.41. The van der Waals surface area contributed by atoms with Gasteiger partial charge in [0.25, 0.3) is 0 Å². The van der Waals surface area contributed by atoms with Crippen molar-refractivity contribution in [3.63, 3.8) is 0 Å². The molecule has 0 saturated carbocycles. The SMILES string of the molecule is O=C(/C=C\c1ccco1)N1CCN(c2ncnc3ccsc23)CC1. The van der Waals surface area contributed by atoms with Gasteiger partial charge in [-0.05, 0) is 29.7 Å².